The zero-order valence-corrected chi connectivity index (χ0v) is 15.8. The molecular formula is C18H22N2O3S2. The highest BCUT2D eigenvalue weighted by Crippen LogP contribution is 2.41. The third-order valence-electron chi connectivity index (χ3n) is 5.08. The molecule has 2 aliphatic rings. The molecule has 2 aromatic rings. The summed E-state index contributed by atoms with van der Waals surface area (Å²) in [6.45, 7) is 2.05. The van der Waals surface area contributed by atoms with Gasteiger partial charge in [0.15, 0.2) is 0 Å². The van der Waals surface area contributed by atoms with E-state index in [9.17, 15) is 8.42 Å². The standard InChI is InChI=1S/C18H22N2O3S2/c1-2-17-7-8-18(24-17)25(21,22)20-13-5-6-14(20)11-16(10-13)23-15-4-3-9-19-12-15/h3-4,7-9,12-14,16H,2,5-6,10-11H2,1H3. The second-order valence-corrected chi connectivity index (χ2v) is 9.93. The SMILES string of the molecule is CCc1ccc(S(=O)(=O)N2C3CCC2CC(Oc2cccnc2)C3)s1. The van der Waals surface area contributed by atoms with E-state index in [1.807, 2.05) is 25.1 Å². The molecular weight excluding hydrogens is 356 g/mol. The fraction of sp³-hybridized carbons (Fsp3) is 0.500. The van der Waals surface area contributed by atoms with Gasteiger partial charge in [0.2, 0.25) is 0 Å². The van der Waals surface area contributed by atoms with E-state index in [0.29, 0.717) is 4.21 Å². The zero-order valence-electron chi connectivity index (χ0n) is 14.2. The largest absolute Gasteiger partial charge is 0.489 e. The number of pyridine rings is 1. The summed E-state index contributed by atoms with van der Waals surface area (Å²) in [7, 11) is -3.40. The van der Waals surface area contributed by atoms with Crippen LogP contribution < -0.4 is 4.74 Å². The van der Waals surface area contributed by atoms with E-state index in [2.05, 4.69) is 4.98 Å². The maximum atomic E-state index is 13.1. The van der Waals surface area contributed by atoms with Crippen molar-refractivity contribution in [2.75, 3.05) is 0 Å². The van der Waals surface area contributed by atoms with E-state index in [0.717, 1.165) is 42.7 Å². The van der Waals surface area contributed by atoms with Crippen molar-refractivity contribution in [3.63, 3.8) is 0 Å². The zero-order chi connectivity index (χ0) is 17.4. The Morgan fingerprint density at radius 3 is 2.60 bits per heavy atom. The van der Waals surface area contributed by atoms with Crippen molar-refractivity contribution in [1.82, 2.24) is 9.29 Å². The molecule has 4 rings (SSSR count). The van der Waals surface area contributed by atoms with Gasteiger partial charge in [0.1, 0.15) is 16.1 Å². The molecule has 0 saturated carbocycles. The van der Waals surface area contributed by atoms with E-state index in [1.54, 1.807) is 22.8 Å². The van der Waals surface area contributed by atoms with Crippen LogP contribution in [0, 0.1) is 0 Å². The molecule has 0 spiro atoms. The van der Waals surface area contributed by atoms with Crippen molar-refractivity contribution in [2.24, 2.45) is 0 Å². The Labute approximate surface area is 152 Å². The molecule has 2 saturated heterocycles. The quantitative estimate of drug-likeness (QED) is 0.799. The summed E-state index contributed by atoms with van der Waals surface area (Å²) in [5, 5.41) is 0. The summed E-state index contributed by atoms with van der Waals surface area (Å²) in [4.78, 5) is 5.19. The fourth-order valence-electron chi connectivity index (χ4n) is 3.97. The minimum absolute atomic E-state index is 0.0394. The van der Waals surface area contributed by atoms with Crippen LogP contribution in [0.15, 0.2) is 40.9 Å². The normalized spacial score (nSPS) is 26.7. The summed E-state index contributed by atoms with van der Waals surface area (Å²) >= 11 is 1.40. The number of aromatic nitrogens is 1. The Balaban J connectivity index is 1.52. The van der Waals surface area contributed by atoms with Crippen molar-refractivity contribution in [3.8, 4) is 5.75 Å². The van der Waals surface area contributed by atoms with Gasteiger partial charge >= 0.3 is 0 Å². The lowest BCUT2D eigenvalue weighted by Gasteiger charge is -2.37. The third-order valence-corrected chi connectivity index (χ3v) is 8.78. The molecule has 0 amide bonds. The predicted octanol–water partition coefficient (Wildman–Crippen LogP) is 3.47. The number of fused-ring (bicyclic) bond motifs is 2. The highest BCUT2D eigenvalue weighted by molar-refractivity contribution is 7.91. The molecule has 0 aromatic carbocycles. The molecule has 4 heterocycles. The number of thiophene rings is 1. The van der Waals surface area contributed by atoms with Crippen molar-refractivity contribution < 1.29 is 13.2 Å². The Bertz CT molecular complexity index is 821. The molecule has 0 radical (unpaired) electrons. The number of ether oxygens (including phenoxy) is 1. The fourth-order valence-corrected chi connectivity index (χ4v) is 7.26. The van der Waals surface area contributed by atoms with Crippen molar-refractivity contribution in [3.05, 3.63) is 41.5 Å². The van der Waals surface area contributed by atoms with E-state index in [1.165, 1.54) is 11.3 Å². The lowest BCUT2D eigenvalue weighted by molar-refractivity contribution is 0.0954. The van der Waals surface area contributed by atoms with Gasteiger partial charge in [-0.1, -0.05) is 6.92 Å². The summed E-state index contributed by atoms with van der Waals surface area (Å²) in [5.41, 5.74) is 0. The number of hydrogen-bond donors (Lipinski definition) is 0. The molecule has 5 nitrogen and oxygen atoms in total. The van der Waals surface area contributed by atoms with Gasteiger partial charge < -0.3 is 4.74 Å². The molecule has 0 N–H and O–H groups in total. The topological polar surface area (TPSA) is 59.5 Å². The van der Waals surface area contributed by atoms with Crippen LogP contribution in [-0.2, 0) is 16.4 Å². The van der Waals surface area contributed by atoms with Crippen molar-refractivity contribution in [1.29, 1.82) is 0 Å². The molecule has 2 aromatic heterocycles. The van der Waals surface area contributed by atoms with Crippen LogP contribution in [-0.4, -0.2) is 35.9 Å². The Kier molecular flexibility index (Phi) is 4.56. The van der Waals surface area contributed by atoms with Gasteiger partial charge in [-0.3, -0.25) is 4.98 Å². The molecule has 134 valence electrons. The van der Waals surface area contributed by atoms with E-state index in [4.69, 9.17) is 4.74 Å². The minimum Gasteiger partial charge on any atom is -0.489 e. The smallest absolute Gasteiger partial charge is 0.253 e. The van der Waals surface area contributed by atoms with Gasteiger partial charge in [-0.2, -0.15) is 4.31 Å². The van der Waals surface area contributed by atoms with Crippen molar-refractivity contribution in [2.45, 2.75) is 61.4 Å². The number of rotatable bonds is 5. The Morgan fingerprint density at radius 2 is 2.00 bits per heavy atom. The van der Waals surface area contributed by atoms with Crippen LogP contribution in [0.3, 0.4) is 0 Å². The first kappa shape index (κ1) is 17.0. The average molecular weight is 379 g/mol. The number of piperidine rings is 1. The van der Waals surface area contributed by atoms with Gasteiger partial charge in [-0.15, -0.1) is 11.3 Å². The highest BCUT2D eigenvalue weighted by atomic mass is 32.2. The number of hydrogen-bond acceptors (Lipinski definition) is 5. The third kappa shape index (κ3) is 3.20. The van der Waals surface area contributed by atoms with Crippen LogP contribution in [0.4, 0.5) is 0 Å². The van der Waals surface area contributed by atoms with Crippen LogP contribution >= 0.6 is 11.3 Å². The van der Waals surface area contributed by atoms with E-state index < -0.39 is 10.0 Å². The first-order valence-corrected chi connectivity index (χ1v) is 11.0. The number of sulfonamides is 1. The second-order valence-electron chi connectivity index (χ2n) is 6.69. The molecule has 2 bridgehead atoms. The highest BCUT2D eigenvalue weighted by Gasteiger charge is 2.48. The first-order chi connectivity index (χ1) is 12.1. The maximum absolute atomic E-state index is 13.1. The number of aryl methyl sites for hydroxylation is 1. The van der Waals surface area contributed by atoms with E-state index >= 15 is 0 Å². The van der Waals surface area contributed by atoms with Gasteiger partial charge in [-0.25, -0.2) is 8.42 Å². The van der Waals surface area contributed by atoms with Crippen LogP contribution in [0.1, 0.15) is 37.5 Å². The molecule has 2 atom stereocenters. The number of nitrogens with zero attached hydrogens (tertiary/aromatic N) is 2. The van der Waals surface area contributed by atoms with Gasteiger partial charge in [0, 0.05) is 36.0 Å². The molecule has 25 heavy (non-hydrogen) atoms. The monoisotopic (exact) mass is 378 g/mol. The lowest BCUT2D eigenvalue weighted by atomic mass is 10.0. The molecule has 0 aliphatic carbocycles. The Morgan fingerprint density at radius 1 is 1.24 bits per heavy atom. The van der Waals surface area contributed by atoms with Gasteiger partial charge in [0.25, 0.3) is 10.0 Å². The van der Waals surface area contributed by atoms with Crippen molar-refractivity contribution >= 4 is 21.4 Å². The van der Waals surface area contributed by atoms with Gasteiger partial charge in [-0.05, 0) is 43.5 Å². The minimum atomic E-state index is -3.40. The molecule has 2 aliphatic heterocycles. The summed E-state index contributed by atoms with van der Waals surface area (Å²) < 4.78 is 34.5. The Hall–Kier alpha value is -1.44. The van der Waals surface area contributed by atoms with Gasteiger partial charge in [0.05, 0.1) is 6.20 Å². The van der Waals surface area contributed by atoms with Crippen LogP contribution in [0.2, 0.25) is 0 Å². The average Bonchev–Trinajstić information content (AvgIpc) is 3.20. The van der Waals surface area contributed by atoms with E-state index in [-0.39, 0.29) is 18.2 Å². The summed E-state index contributed by atoms with van der Waals surface area (Å²) in [5.74, 6) is 0.758. The van der Waals surface area contributed by atoms with Crippen LogP contribution in [0.25, 0.3) is 0 Å². The van der Waals surface area contributed by atoms with Crippen LogP contribution in [0.5, 0.6) is 5.75 Å². The summed E-state index contributed by atoms with van der Waals surface area (Å²) in [6.07, 6.45) is 7.69. The second kappa shape index (κ2) is 6.70. The predicted molar refractivity (Wildman–Crippen MR) is 97.4 cm³/mol. The maximum Gasteiger partial charge on any atom is 0.253 e. The lowest BCUT2D eigenvalue weighted by Crippen LogP contribution is -2.48. The molecule has 7 heteroatoms. The first-order valence-electron chi connectivity index (χ1n) is 8.77. The molecule has 2 unspecified atom stereocenters. The molecule has 2 fully saturated rings. The summed E-state index contributed by atoms with van der Waals surface area (Å²) in [6, 6.07) is 7.52.